The van der Waals surface area contributed by atoms with Crippen LogP contribution in [0.1, 0.15) is 25.7 Å². The Morgan fingerprint density at radius 1 is 1.27 bits per heavy atom. The quantitative estimate of drug-likeness (QED) is 0.772. The molecule has 4 nitrogen and oxygen atoms in total. The van der Waals surface area contributed by atoms with Crippen molar-refractivity contribution in [1.82, 2.24) is 4.90 Å². The number of carbonyl (C=O) groups is 2. The van der Waals surface area contributed by atoms with E-state index in [2.05, 4.69) is 0 Å². The van der Waals surface area contributed by atoms with Gasteiger partial charge in [0.25, 0.3) is 0 Å². The van der Waals surface area contributed by atoms with Crippen molar-refractivity contribution in [3.05, 3.63) is 0 Å². The van der Waals surface area contributed by atoms with Gasteiger partial charge in [-0.3, -0.25) is 4.79 Å². The van der Waals surface area contributed by atoms with E-state index < -0.39 is 12.0 Å². The van der Waals surface area contributed by atoms with Crippen LogP contribution < -0.4 is 0 Å². The minimum atomic E-state index is -0.869. The molecule has 1 saturated heterocycles. The van der Waals surface area contributed by atoms with Crippen LogP contribution in [-0.4, -0.2) is 39.6 Å². The zero-order valence-corrected chi connectivity index (χ0v) is 9.33. The highest BCUT2D eigenvalue weighted by molar-refractivity contribution is 7.99. The van der Waals surface area contributed by atoms with E-state index in [0.717, 1.165) is 25.7 Å². The van der Waals surface area contributed by atoms with E-state index in [-0.39, 0.29) is 11.8 Å². The summed E-state index contributed by atoms with van der Waals surface area (Å²) in [6.45, 7) is 0. The first kappa shape index (κ1) is 10.8. The average molecular weight is 229 g/mol. The maximum absolute atomic E-state index is 12.0. The van der Waals surface area contributed by atoms with E-state index in [0.29, 0.717) is 11.6 Å². The second kappa shape index (κ2) is 4.43. The monoisotopic (exact) mass is 229 g/mol. The molecule has 5 heteroatoms. The zero-order valence-electron chi connectivity index (χ0n) is 8.52. The van der Waals surface area contributed by atoms with E-state index in [4.69, 9.17) is 5.11 Å². The van der Waals surface area contributed by atoms with Crippen LogP contribution in [0.3, 0.4) is 0 Å². The lowest BCUT2D eigenvalue weighted by atomic mass is 10.1. The van der Waals surface area contributed by atoms with Gasteiger partial charge in [-0.15, -0.1) is 11.8 Å². The summed E-state index contributed by atoms with van der Waals surface area (Å²) in [5.74, 6) is 0.363. The topological polar surface area (TPSA) is 57.6 Å². The molecule has 0 radical (unpaired) electrons. The van der Waals surface area contributed by atoms with Crippen LogP contribution >= 0.6 is 11.8 Å². The second-order valence-electron chi connectivity index (χ2n) is 4.14. The number of carboxylic acids is 1. The summed E-state index contributed by atoms with van der Waals surface area (Å²) in [4.78, 5) is 24.5. The molecule has 0 aromatic carbocycles. The molecule has 1 heterocycles. The van der Waals surface area contributed by atoms with Crippen LogP contribution in [-0.2, 0) is 9.59 Å². The first-order valence-electron chi connectivity index (χ1n) is 5.31. The molecule has 0 bridgehead atoms. The summed E-state index contributed by atoms with van der Waals surface area (Å²) in [6, 6.07) is -0.594. The van der Waals surface area contributed by atoms with Gasteiger partial charge in [-0.2, -0.15) is 0 Å². The number of hydrogen-bond acceptors (Lipinski definition) is 3. The molecule has 2 aliphatic rings. The Labute approximate surface area is 93.0 Å². The highest BCUT2D eigenvalue weighted by atomic mass is 32.2. The molecule has 15 heavy (non-hydrogen) atoms. The summed E-state index contributed by atoms with van der Waals surface area (Å²) in [5, 5.41) is 8.97. The molecular formula is C10H15NO3S. The lowest BCUT2D eigenvalue weighted by molar-refractivity contribution is -0.149. The van der Waals surface area contributed by atoms with Crippen molar-refractivity contribution in [1.29, 1.82) is 0 Å². The fourth-order valence-electron chi connectivity index (χ4n) is 2.27. The maximum Gasteiger partial charge on any atom is 0.327 e. The third kappa shape index (κ3) is 2.12. The van der Waals surface area contributed by atoms with Crippen LogP contribution in [0.25, 0.3) is 0 Å². The SMILES string of the molecule is O=C(O)[C@H]1CSCN1C(=O)C1CCCC1. The Morgan fingerprint density at radius 2 is 1.93 bits per heavy atom. The highest BCUT2D eigenvalue weighted by Crippen LogP contribution is 2.30. The smallest absolute Gasteiger partial charge is 0.327 e. The predicted octanol–water partition coefficient (Wildman–Crippen LogP) is 1.16. The van der Waals surface area contributed by atoms with Crippen LogP contribution in [0.5, 0.6) is 0 Å². The molecule has 1 aliphatic carbocycles. The van der Waals surface area contributed by atoms with Crippen molar-refractivity contribution in [2.24, 2.45) is 5.92 Å². The molecule has 84 valence electrons. The number of carboxylic acid groups (broad SMARTS) is 1. The van der Waals surface area contributed by atoms with Crippen molar-refractivity contribution >= 4 is 23.6 Å². The third-order valence-corrected chi connectivity index (χ3v) is 4.17. The van der Waals surface area contributed by atoms with Crippen LogP contribution in [0.4, 0.5) is 0 Å². The number of rotatable bonds is 2. The van der Waals surface area contributed by atoms with E-state index in [1.807, 2.05) is 0 Å². The normalized spacial score (nSPS) is 27.2. The molecule has 0 aromatic rings. The summed E-state index contributed by atoms with van der Waals surface area (Å²) in [7, 11) is 0. The molecule has 2 rings (SSSR count). The summed E-state index contributed by atoms with van der Waals surface area (Å²) < 4.78 is 0. The third-order valence-electron chi connectivity index (χ3n) is 3.15. The fourth-order valence-corrected chi connectivity index (χ4v) is 3.43. The molecule has 0 unspecified atom stereocenters. The van der Waals surface area contributed by atoms with Gasteiger partial charge in [0.1, 0.15) is 6.04 Å². The standard InChI is InChI=1S/C10H15NO3S/c12-9(7-3-1-2-4-7)11-6-15-5-8(11)10(13)14/h7-8H,1-6H2,(H,13,14)/t8-/m1/s1. The first-order chi connectivity index (χ1) is 7.20. The molecular weight excluding hydrogens is 214 g/mol. The van der Waals surface area contributed by atoms with E-state index in [1.54, 1.807) is 4.90 Å². The Bertz CT molecular complexity index is 276. The van der Waals surface area contributed by atoms with Crippen molar-refractivity contribution in [3.63, 3.8) is 0 Å². The Balaban J connectivity index is 2.02. The van der Waals surface area contributed by atoms with Gasteiger partial charge in [0, 0.05) is 11.7 Å². The van der Waals surface area contributed by atoms with E-state index in [1.165, 1.54) is 11.8 Å². The van der Waals surface area contributed by atoms with Gasteiger partial charge in [-0.25, -0.2) is 4.79 Å². The van der Waals surface area contributed by atoms with Crippen molar-refractivity contribution in [3.8, 4) is 0 Å². The average Bonchev–Trinajstić information content (AvgIpc) is 2.88. The van der Waals surface area contributed by atoms with Crippen molar-refractivity contribution in [2.45, 2.75) is 31.7 Å². The molecule has 1 aliphatic heterocycles. The zero-order chi connectivity index (χ0) is 10.8. The van der Waals surface area contributed by atoms with Gasteiger partial charge in [-0.1, -0.05) is 12.8 Å². The number of thioether (sulfide) groups is 1. The number of carbonyl (C=O) groups excluding carboxylic acids is 1. The van der Waals surface area contributed by atoms with Gasteiger partial charge < -0.3 is 10.0 Å². The van der Waals surface area contributed by atoms with Gasteiger partial charge in [-0.05, 0) is 12.8 Å². The summed E-state index contributed by atoms with van der Waals surface area (Å²) in [5.41, 5.74) is 0. The van der Waals surface area contributed by atoms with Crippen LogP contribution in [0.15, 0.2) is 0 Å². The lowest BCUT2D eigenvalue weighted by Crippen LogP contribution is -2.44. The largest absolute Gasteiger partial charge is 0.480 e. The first-order valence-corrected chi connectivity index (χ1v) is 6.46. The lowest BCUT2D eigenvalue weighted by Gasteiger charge is -2.23. The molecule has 0 aromatic heterocycles. The highest BCUT2D eigenvalue weighted by Gasteiger charge is 2.38. The molecule has 2 fully saturated rings. The fraction of sp³-hybridized carbons (Fsp3) is 0.800. The second-order valence-corrected chi connectivity index (χ2v) is 5.14. The predicted molar refractivity (Wildman–Crippen MR) is 57.6 cm³/mol. The Hall–Kier alpha value is -0.710. The van der Waals surface area contributed by atoms with E-state index in [9.17, 15) is 9.59 Å². The van der Waals surface area contributed by atoms with Gasteiger partial charge in [0.15, 0.2) is 0 Å². The Morgan fingerprint density at radius 3 is 2.53 bits per heavy atom. The van der Waals surface area contributed by atoms with Crippen molar-refractivity contribution in [2.75, 3.05) is 11.6 Å². The summed E-state index contributed by atoms with van der Waals surface area (Å²) in [6.07, 6.45) is 4.09. The molecule has 1 N–H and O–H groups in total. The van der Waals surface area contributed by atoms with E-state index >= 15 is 0 Å². The number of amides is 1. The minimum absolute atomic E-state index is 0.0601. The van der Waals surface area contributed by atoms with Gasteiger partial charge in [0.2, 0.25) is 5.91 Å². The maximum atomic E-state index is 12.0. The number of nitrogens with zero attached hydrogens (tertiary/aromatic N) is 1. The molecule has 0 spiro atoms. The number of aliphatic carboxylic acids is 1. The Kier molecular flexibility index (Phi) is 3.19. The molecule has 1 atom stereocenters. The molecule has 1 amide bonds. The van der Waals surface area contributed by atoms with Crippen LogP contribution in [0.2, 0.25) is 0 Å². The van der Waals surface area contributed by atoms with Crippen molar-refractivity contribution < 1.29 is 14.7 Å². The van der Waals surface area contributed by atoms with Crippen LogP contribution in [0, 0.1) is 5.92 Å². The summed E-state index contributed by atoms with van der Waals surface area (Å²) >= 11 is 1.53. The van der Waals surface area contributed by atoms with Gasteiger partial charge >= 0.3 is 5.97 Å². The number of hydrogen-bond donors (Lipinski definition) is 1. The van der Waals surface area contributed by atoms with Gasteiger partial charge in [0.05, 0.1) is 5.88 Å². The molecule has 1 saturated carbocycles. The minimum Gasteiger partial charge on any atom is -0.480 e.